The Labute approximate surface area is 129 Å². The van der Waals surface area contributed by atoms with Crippen LogP contribution < -0.4 is 20.5 Å². The average Bonchev–Trinajstić information content (AvgIpc) is 3.02. The molecule has 1 aromatic carbocycles. The second kappa shape index (κ2) is 5.30. The lowest BCUT2D eigenvalue weighted by molar-refractivity contribution is -0.117. The molecule has 0 spiro atoms. The summed E-state index contributed by atoms with van der Waals surface area (Å²) in [5.74, 6) is 2.76. The van der Waals surface area contributed by atoms with E-state index in [-0.39, 0.29) is 31.0 Å². The van der Waals surface area contributed by atoms with E-state index in [0.29, 0.717) is 34.7 Å². The molecule has 2 fully saturated rings. The number of ether oxygens (including phenoxy) is 2. The van der Waals surface area contributed by atoms with Gasteiger partial charge in [0.2, 0.25) is 12.7 Å². The zero-order chi connectivity index (χ0) is 13.7. The molecule has 2 atom stereocenters. The number of carbonyl (C=O) groups excluding carboxylic acids is 1. The highest BCUT2D eigenvalue weighted by Gasteiger charge is 2.54. The van der Waals surface area contributed by atoms with Gasteiger partial charge < -0.3 is 20.5 Å². The summed E-state index contributed by atoms with van der Waals surface area (Å²) in [5.41, 5.74) is 7.11. The summed E-state index contributed by atoms with van der Waals surface area (Å²) in [6.07, 6.45) is 4.91. The molecule has 0 radical (unpaired) electrons. The predicted molar refractivity (Wildman–Crippen MR) is 81.8 cm³/mol. The summed E-state index contributed by atoms with van der Waals surface area (Å²) in [4.78, 5) is 12.4. The number of carbonyl (C=O) groups is 1. The van der Waals surface area contributed by atoms with Gasteiger partial charge in [-0.1, -0.05) is 12.8 Å². The number of anilines is 2. The molecule has 2 saturated carbocycles. The molecule has 4 rings (SSSR count). The zero-order valence-corrected chi connectivity index (χ0v) is 12.4. The Morgan fingerprint density at radius 3 is 2.43 bits per heavy atom. The number of nitrogen functional groups attached to an aromatic ring is 1. The summed E-state index contributed by atoms with van der Waals surface area (Å²) in [5, 5.41) is 2.96. The molecule has 0 saturated heterocycles. The van der Waals surface area contributed by atoms with Gasteiger partial charge in [-0.3, -0.25) is 4.79 Å². The molecule has 114 valence electrons. The molecule has 1 aliphatic heterocycles. The Morgan fingerprint density at radius 2 is 1.76 bits per heavy atom. The Morgan fingerprint density at radius 1 is 1.14 bits per heavy atom. The van der Waals surface area contributed by atoms with E-state index in [9.17, 15) is 4.79 Å². The molecule has 6 heteroatoms. The lowest BCUT2D eigenvalue weighted by Crippen LogP contribution is -2.16. The Hall–Kier alpha value is -1.62. The van der Waals surface area contributed by atoms with Crippen LogP contribution in [0.1, 0.15) is 25.7 Å². The Bertz CT molecular complexity index is 566. The van der Waals surface area contributed by atoms with Crippen LogP contribution in [0.3, 0.4) is 0 Å². The normalized spacial score (nSPS) is 28.3. The third kappa shape index (κ3) is 2.39. The number of hydrogen-bond acceptors (Lipinski definition) is 4. The molecule has 5 nitrogen and oxygen atoms in total. The van der Waals surface area contributed by atoms with Crippen LogP contribution in [0, 0.1) is 17.8 Å². The molecule has 1 heterocycles. The predicted octanol–water partition coefficient (Wildman–Crippen LogP) is 2.79. The summed E-state index contributed by atoms with van der Waals surface area (Å²) >= 11 is 0. The van der Waals surface area contributed by atoms with Crippen molar-refractivity contribution in [3.05, 3.63) is 12.1 Å². The lowest BCUT2D eigenvalue weighted by atomic mass is 10.0. The number of hydrogen-bond donors (Lipinski definition) is 2. The van der Waals surface area contributed by atoms with Crippen LogP contribution in [0.25, 0.3) is 0 Å². The van der Waals surface area contributed by atoms with Crippen molar-refractivity contribution in [1.82, 2.24) is 0 Å². The zero-order valence-electron chi connectivity index (χ0n) is 11.6. The van der Waals surface area contributed by atoms with Crippen molar-refractivity contribution in [1.29, 1.82) is 0 Å². The maximum atomic E-state index is 12.4. The average molecular weight is 311 g/mol. The Kier molecular flexibility index (Phi) is 3.61. The molecule has 1 amide bonds. The van der Waals surface area contributed by atoms with Crippen molar-refractivity contribution in [3.63, 3.8) is 0 Å². The molecule has 3 aliphatic rings. The van der Waals surface area contributed by atoms with Gasteiger partial charge in [-0.25, -0.2) is 0 Å². The minimum atomic E-state index is 0. The van der Waals surface area contributed by atoms with Crippen molar-refractivity contribution < 1.29 is 14.3 Å². The number of benzene rings is 1. The van der Waals surface area contributed by atoms with Gasteiger partial charge in [0.05, 0.1) is 11.4 Å². The van der Waals surface area contributed by atoms with Crippen molar-refractivity contribution in [3.8, 4) is 11.5 Å². The highest BCUT2D eigenvalue weighted by Crippen LogP contribution is 2.55. The molecule has 3 N–H and O–H groups in total. The van der Waals surface area contributed by atoms with Crippen LogP contribution >= 0.6 is 12.4 Å². The summed E-state index contributed by atoms with van der Waals surface area (Å²) in [6, 6.07) is 3.46. The van der Waals surface area contributed by atoms with Gasteiger partial charge in [0.15, 0.2) is 11.5 Å². The smallest absolute Gasteiger partial charge is 0.231 e. The van der Waals surface area contributed by atoms with Crippen molar-refractivity contribution in [2.24, 2.45) is 17.8 Å². The molecular formula is C15H19ClN2O3. The Balaban J connectivity index is 0.00000132. The van der Waals surface area contributed by atoms with Gasteiger partial charge in [-0.05, 0) is 24.7 Å². The quantitative estimate of drug-likeness (QED) is 0.824. The number of rotatable bonds is 2. The van der Waals surface area contributed by atoms with E-state index in [0.717, 1.165) is 0 Å². The summed E-state index contributed by atoms with van der Waals surface area (Å²) in [7, 11) is 0. The second-order valence-electron chi connectivity index (χ2n) is 5.92. The summed E-state index contributed by atoms with van der Waals surface area (Å²) < 4.78 is 10.6. The second-order valence-corrected chi connectivity index (χ2v) is 5.92. The van der Waals surface area contributed by atoms with Crippen molar-refractivity contribution >= 4 is 29.7 Å². The highest BCUT2D eigenvalue weighted by molar-refractivity contribution is 5.98. The van der Waals surface area contributed by atoms with E-state index in [4.69, 9.17) is 15.2 Å². The van der Waals surface area contributed by atoms with Gasteiger partial charge >= 0.3 is 0 Å². The van der Waals surface area contributed by atoms with Crippen LogP contribution in [0.15, 0.2) is 12.1 Å². The van der Waals surface area contributed by atoms with Crippen molar-refractivity contribution in [2.75, 3.05) is 17.8 Å². The molecule has 2 aliphatic carbocycles. The van der Waals surface area contributed by atoms with Crippen LogP contribution in [0.5, 0.6) is 11.5 Å². The topological polar surface area (TPSA) is 73.6 Å². The number of nitrogens with one attached hydrogen (secondary N) is 1. The third-order valence-electron chi connectivity index (χ3n) is 4.76. The van der Waals surface area contributed by atoms with Gasteiger partial charge in [0, 0.05) is 18.1 Å². The third-order valence-corrected chi connectivity index (χ3v) is 4.76. The standard InChI is InChI=1S/C15H18N2O3.ClH/c16-10-5-12-13(20-7-19-12)6-11(10)17-15(18)14-8-3-1-2-4-9(8)14;/h5-6,8-9,14H,1-4,7,16H2,(H,17,18);1H. The fourth-order valence-corrected chi connectivity index (χ4v) is 3.66. The maximum absolute atomic E-state index is 12.4. The fraction of sp³-hybridized carbons (Fsp3) is 0.533. The SMILES string of the molecule is Cl.Nc1cc2c(cc1NC(=O)C1C3CCCCC31)OCO2. The fourth-order valence-electron chi connectivity index (χ4n) is 3.66. The first-order chi connectivity index (χ1) is 9.74. The first-order valence-electron chi connectivity index (χ1n) is 7.24. The lowest BCUT2D eigenvalue weighted by Gasteiger charge is -2.09. The van der Waals surface area contributed by atoms with Gasteiger partial charge in [-0.15, -0.1) is 12.4 Å². The van der Waals surface area contributed by atoms with E-state index in [1.807, 2.05) is 0 Å². The number of nitrogens with two attached hydrogens (primary N) is 1. The van der Waals surface area contributed by atoms with E-state index in [1.54, 1.807) is 12.1 Å². The van der Waals surface area contributed by atoms with Gasteiger partial charge in [-0.2, -0.15) is 0 Å². The minimum Gasteiger partial charge on any atom is -0.454 e. The first kappa shape index (κ1) is 14.3. The summed E-state index contributed by atoms with van der Waals surface area (Å²) in [6.45, 7) is 0.207. The van der Waals surface area contributed by atoms with E-state index >= 15 is 0 Å². The van der Waals surface area contributed by atoms with Crippen LogP contribution in [-0.4, -0.2) is 12.7 Å². The molecule has 0 bridgehead atoms. The first-order valence-corrected chi connectivity index (χ1v) is 7.24. The van der Waals surface area contributed by atoms with E-state index < -0.39 is 0 Å². The molecule has 1 aromatic rings. The van der Waals surface area contributed by atoms with Crippen LogP contribution in [0.4, 0.5) is 11.4 Å². The molecule has 0 aromatic heterocycles. The number of fused-ring (bicyclic) bond motifs is 2. The minimum absolute atomic E-state index is 0. The van der Waals surface area contributed by atoms with Crippen LogP contribution in [0.2, 0.25) is 0 Å². The molecular weight excluding hydrogens is 292 g/mol. The molecule has 2 unspecified atom stereocenters. The molecule has 21 heavy (non-hydrogen) atoms. The monoisotopic (exact) mass is 310 g/mol. The van der Waals surface area contributed by atoms with Gasteiger partial charge in [0.25, 0.3) is 0 Å². The van der Waals surface area contributed by atoms with Crippen LogP contribution in [-0.2, 0) is 4.79 Å². The maximum Gasteiger partial charge on any atom is 0.231 e. The number of halogens is 1. The van der Waals surface area contributed by atoms with E-state index in [2.05, 4.69) is 5.32 Å². The van der Waals surface area contributed by atoms with E-state index in [1.165, 1.54) is 25.7 Å². The highest BCUT2D eigenvalue weighted by atomic mass is 35.5. The van der Waals surface area contributed by atoms with Crippen molar-refractivity contribution in [2.45, 2.75) is 25.7 Å². The number of amides is 1. The van der Waals surface area contributed by atoms with Gasteiger partial charge in [0.1, 0.15) is 0 Å². The largest absolute Gasteiger partial charge is 0.454 e.